The van der Waals surface area contributed by atoms with Gasteiger partial charge in [0.25, 0.3) is 0 Å². The first-order valence-corrected chi connectivity index (χ1v) is 7.43. The van der Waals surface area contributed by atoms with E-state index in [-0.39, 0.29) is 24.7 Å². The van der Waals surface area contributed by atoms with E-state index in [9.17, 15) is 20.4 Å². The normalized spacial score (nSPS) is 22.0. The number of aliphatic hydroxyl groups is 3. The van der Waals surface area contributed by atoms with Gasteiger partial charge in [-0.2, -0.15) is 0 Å². The molecule has 4 heteroatoms. The molecule has 0 aliphatic heterocycles. The van der Waals surface area contributed by atoms with Crippen molar-refractivity contribution in [3.8, 4) is 5.75 Å². The van der Waals surface area contributed by atoms with E-state index in [0.29, 0.717) is 18.4 Å². The summed E-state index contributed by atoms with van der Waals surface area (Å²) >= 11 is 0. The maximum absolute atomic E-state index is 10.2. The molecule has 0 saturated carbocycles. The molecule has 1 unspecified atom stereocenters. The zero-order valence-corrected chi connectivity index (χ0v) is 13.3. The lowest BCUT2D eigenvalue weighted by Gasteiger charge is -2.32. The lowest BCUT2D eigenvalue weighted by Crippen LogP contribution is -2.28. The summed E-state index contributed by atoms with van der Waals surface area (Å²) in [5, 5.41) is 39.0. The van der Waals surface area contributed by atoms with Crippen molar-refractivity contribution in [3.05, 3.63) is 51.8 Å². The predicted molar refractivity (Wildman–Crippen MR) is 85.7 cm³/mol. The Bertz CT molecular complexity index is 643. The van der Waals surface area contributed by atoms with Gasteiger partial charge in [-0.25, -0.2) is 0 Å². The molecule has 0 bridgehead atoms. The first-order valence-electron chi connectivity index (χ1n) is 7.43. The van der Waals surface area contributed by atoms with E-state index in [0.717, 1.165) is 22.3 Å². The number of hydrogen-bond acceptors (Lipinski definition) is 4. The summed E-state index contributed by atoms with van der Waals surface area (Å²) in [6.45, 7) is 5.18. The van der Waals surface area contributed by atoms with E-state index in [2.05, 4.69) is 0 Å². The molecule has 0 radical (unpaired) electrons. The zero-order valence-electron chi connectivity index (χ0n) is 13.3. The molecule has 1 aromatic rings. The van der Waals surface area contributed by atoms with Gasteiger partial charge in [0.15, 0.2) is 0 Å². The molecular weight excluding hydrogens is 280 g/mol. The van der Waals surface area contributed by atoms with Crippen LogP contribution in [0.4, 0.5) is 0 Å². The molecule has 0 amide bonds. The van der Waals surface area contributed by atoms with Crippen LogP contribution in [0.15, 0.2) is 35.1 Å². The van der Waals surface area contributed by atoms with Crippen LogP contribution in [0.3, 0.4) is 0 Å². The minimum atomic E-state index is -0.639. The average Bonchev–Trinajstić information content (AvgIpc) is 2.48. The van der Waals surface area contributed by atoms with E-state index in [1.54, 1.807) is 6.07 Å². The molecule has 4 N–H and O–H groups in total. The summed E-state index contributed by atoms with van der Waals surface area (Å²) in [7, 11) is 0. The Hall–Kier alpha value is -1.78. The quantitative estimate of drug-likeness (QED) is 0.689. The van der Waals surface area contributed by atoms with E-state index < -0.39 is 5.41 Å². The van der Waals surface area contributed by atoms with E-state index in [1.807, 2.05) is 32.9 Å². The van der Waals surface area contributed by atoms with Crippen LogP contribution < -0.4 is 0 Å². The van der Waals surface area contributed by atoms with Crippen molar-refractivity contribution in [2.45, 2.75) is 40.2 Å². The SMILES string of the molecule is CC1=C(O)C(C)(CO)CC(Cc2cc(C)c(O)c(CO)c2)=C1. The molecular formula is C18H24O4. The van der Waals surface area contributed by atoms with Gasteiger partial charge in [-0.15, -0.1) is 0 Å². The fourth-order valence-electron chi connectivity index (χ4n) is 3.15. The smallest absolute Gasteiger partial charge is 0.124 e. The molecule has 1 aliphatic rings. The van der Waals surface area contributed by atoms with Gasteiger partial charge >= 0.3 is 0 Å². The highest BCUT2D eigenvalue weighted by atomic mass is 16.3. The minimum absolute atomic E-state index is 0.107. The van der Waals surface area contributed by atoms with Gasteiger partial charge in [-0.05, 0) is 56.4 Å². The lowest BCUT2D eigenvalue weighted by atomic mass is 9.75. The topological polar surface area (TPSA) is 80.9 Å². The van der Waals surface area contributed by atoms with Crippen molar-refractivity contribution in [2.75, 3.05) is 6.61 Å². The highest BCUT2D eigenvalue weighted by Gasteiger charge is 2.33. The highest BCUT2D eigenvalue weighted by molar-refractivity contribution is 5.45. The number of benzene rings is 1. The number of hydrogen-bond donors (Lipinski definition) is 4. The van der Waals surface area contributed by atoms with Gasteiger partial charge in [0, 0.05) is 5.56 Å². The van der Waals surface area contributed by atoms with E-state index >= 15 is 0 Å². The van der Waals surface area contributed by atoms with Gasteiger partial charge in [0.05, 0.1) is 18.6 Å². The van der Waals surface area contributed by atoms with Crippen LogP contribution in [-0.4, -0.2) is 27.0 Å². The monoisotopic (exact) mass is 304 g/mol. The summed E-state index contributed by atoms with van der Waals surface area (Å²) in [5.74, 6) is 0.384. The third-order valence-corrected chi connectivity index (χ3v) is 4.37. The Balaban J connectivity index is 2.32. The second-order valence-corrected chi connectivity index (χ2v) is 6.49. The molecule has 0 saturated heterocycles. The van der Waals surface area contributed by atoms with Crippen LogP contribution in [0.5, 0.6) is 5.75 Å². The Morgan fingerprint density at radius 1 is 1.14 bits per heavy atom. The Kier molecular flexibility index (Phi) is 4.63. The molecule has 1 aliphatic carbocycles. The van der Waals surface area contributed by atoms with Crippen LogP contribution >= 0.6 is 0 Å². The summed E-state index contributed by atoms with van der Waals surface area (Å²) in [4.78, 5) is 0. The third-order valence-electron chi connectivity index (χ3n) is 4.37. The molecule has 0 aromatic heterocycles. The van der Waals surface area contributed by atoms with Crippen molar-refractivity contribution < 1.29 is 20.4 Å². The van der Waals surface area contributed by atoms with Crippen LogP contribution in [0.2, 0.25) is 0 Å². The molecule has 120 valence electrons. The Labute approximate surface area is 131 Å². The van der Waals surface area contributed by atoms with Crippen LogP contribution in [0.1, 0.15) is 37.0 Å². The Morgan fingerprint density at radius 2 is 1.82 bits per heavy atom. The molecule has 1 aromatic carbocycles. The number of rotatable bonds is 4. The second kappa shape index (κ2) is 6.15. The maximum Gasteiger partial charge on any atom is 0.124 e. The molecule has 2 rings (SSSR count). The largest absolute Gasteiger partial charge is 0.511 e. The number of allylic oxidation sites excluding steroid dienone is 3. The van der Waals surface area contributed by atoms with Crippen molar-refractivity contribution in [3.63, 3.8) is 0 Å². The fourth-order valence-corrected chi connectivity index (χ4v) is 3.15. The third kappa shape index (κ3) is 3.03. The second-order valence-electron chi connectivity index (χ2n) is 6.49. The van der Waals surface area contributed by atoms with E-state index in [1.165, 1.54) is 0 Å². The van der Waals surface area contributed by atoms with Gasteiger partial charge in [0.1, 0.15) is 11.5 Å². The van der Waals surface area contributed by atoms with Crippen molar-refractivity contribution in [1.82, 2.24) is 0 Å². The van der Waals surface area contributed by atoms with Crippen LogP contribution in [0, 0.1) is 12.3 Å². The predicted octanol–water partition coefficient (Wildman–Crippen LogP) is 2.90. The number of aryl methyl sites for hydroxylation is 1. The lowest BCUT2D eigenvalue weighted by molar-refractivity contribution is 0.121. The molecule has 22 heavy (non-hydrogen) atoms. The first-order chi connectivity index (χ1) is 10.3. The maximum atomic E-state index is 10.2. The van der Waals surface area contributed by atoms with Crippen molar-refractivity contribution in [1.29, 1.82) is 0 Å². The molecule has 0 spiro atoms. The van der Waals surface area contributed by atoms with Gasteiger partial charge in [-0.1, -0.05) is 17.7 Å². The van der Waals surface area contributed by atoms with Crippen LogP contribution in [-0.2, 0) is 13.0 Å². The van der Waals surface area contributed by atoms with Crippen LogP contribution in [0.25, 0.3) is 0 Å². The molecule has 0 fully saturated rings. The van der Waals surface area contributed by atoms with Crippen molar-refractivity contribution in [2.24, 2.45) is 5.41 Å². The standard InChI is InChI=1S/C18H24O4/c1-11-4-13(7-15(9-19)16(11)21)6-14-5-12(2)17(22)18(3,8-14)10-20/h4-5,7,19-22H,6,8-10H2,1-3H3. The molecule has 4 nitrogen and oxygen atoms in total. The van der Waals surface area contributed by atoms with Crippen molar-refractivity contribution >= 4 is 0 Å². The summed E-state index contributed by atoms with van der Waals surface area (Å²) in [6.07, 6.45) is 3.20. The molecule has 0 heterocycles. The fraction of sp³-hybridized carbons (Fsp3) is 0.444. The van der Waals surface area contributed by atoms with Gasteiger partial charge < -0.3 is 20.4 Å². The number of aliphatic hydroxyl groups excluding tert-OH is 3. The van der Waals surface area contributed by atoms with Gasteiger partial charge in [-0.3, -0.25) is 0 Å². The van der Waals surface area contributed by atoms with E-state index in [4.69, 9.17) is 0 Å². The highest BCUT2D eigenvalue weighted by Crippen LogP contribution is 2.39. The Morgan fingerprint density at radius 3 is 2.41 bits per heavy atom. The first kappa shape index (κ1) is 16.6. The average molecular weight is 304 g/mol. The summed E-state index contributed by atoms with van der Waals surface area (Å²) in [5.41, 5.74) is 3.50. The number of aromatic hydroxyl groups is 1. The van der Waals surface area contributed by atoms with Gasteiger partial charge in [0.2, 0.25) is 0 Å². The minimum Gasteiger partial charge on any atom is -0.511 e. The number of phenols is 1. The molecule has 1 atom stereocenters. The zero-order chi connectivity index (χ0) is 16.5. The summed E-state index contributed by atoms with van der Waals surface area (Å²) in [6, 6.07) is 3.70. The summed E-state index contributed by atoms with van der Waals surface area (Å²) < 4.78 is 0.